The standard InChI is InChI=1S/C29H28NO2/c1-15(2)11-21-28-26(20-9-7-8-10-22(20)31-28)30(6)27-24-18(5)17(4)14-19-12-16(3)13-23(25(19)24)32-29(21)27/h7-10,12-15H,11H2,1-6H3/q+1. The van der Waals surface area contributed by atoms with Crippen LogP contribution in [0, 0.1) is 26.7 Å². The lowest BCUT2D eigenvalue weighted by atomic mass is 9.88. The molecule has 0 N–H and O–H groups in total. The summed E-state index contributed by atoms with van der Waals surface area (Å²) in [6.07, 6.45) is 0.897. The molecule has 3 heterocycles. The smallest absolute Gasteiger partial charge is 0.260 e. The molecule has 1 aliphatic heterocycles. The van der Waals surface area contributed by atoms with Gasteiger partial charge in [-0.3, -0.25) is 0 Å². The molecule has 0 saturated carbocycles. The maximum absolute atomic E-state index is 6.76. The fourth-order valence-electron chi connectivity index (χ4n) is 5.44. The molecule has 6 rings (SSSR count). The van der Waals surface area contributed by atoms with Gasteiger partial charge in [-0.25, -0.2) is 0 Å². The molecule has 0 fully saturated rings. The highest BCUT2D eigenvalue weighted by Gasteiger charge is 2.37. The lowest BCUT2D eigenvalue weighted by Gasteiger charge is -2.24. The van der Waals surface area contributed by atoms with Gasteiger partial charge in [0.1, 0.15) is 18.4 Å². The van der Waals surface area contributed by atoms with Gasteiger partial charge in [0.05, 0.1) is 16.5 Å². The summed E-state index contributed by atoms with van der Waals surface area (Å²) in [5.74, 6) is 2.37. The minimum atomic E-state index is 0.476. The van der Waals surface area contributed by atoms with Crippen LogP contribution in [-0.4, -0.2) is 0 Å². The van der Waals surface area contributed by atoms with Gasteiger partial charge in [-0.15, -0.1) is 0 Å². The van der Waals surface area contributed by atoms with Gasteiger partial charge in [0.2, 0.25) is 11.3 Å². The zero-order valence-electron chi connectivity index (χ0n) is 19.6. The van der Waals surface area contributed by atoms with Crippen LogP contribution in [0.3, 0.4) is 0 Å². The molecule has 32 heavy (non-hydrogen) atoms. The number of aromatic nitrogens is 1. The number of nitrogens with zero attached hydrogens (tertiary/aromatic N) is 1. The Balaban J connectivity index is 1.87. The minimum Gasteiger partial charge on any atom is -0.449 e. The predicted octanol–water partition coefficient (Wildman–Crippen LogP) is 7.46. The predicted molar refractivity (Wildman–Crippen MR) is 131 cm³/mol. The number of hydrogen-bond acceptors (Lipinski definition) is 2. The molecule has 0 atom stereocenters. The van der Waals surface area contributed by atoms with Crippen LogP contribution in [0.5, 0.6) is 11.5 Å². The number of rotatable bonds is 2. The molecule has 0 radical (unpaired) electrons. The molecule has 0 saturated heterocycles. The monoisotopic (exact) mass is 422 g/mol. The van der Waals surface area contributed by atoms with E-state index in [-0.39, 0.29) is 0 Å². The largest absolute Gasteiger partial charge is 0.449 e. The van der Waals surface area contributed by atoms with Crippen LogP contribution in [-0.2, 0) is 13.5 Å². The Hall–Kier alpha value is -3.33. The van der Waals surface area contributed by atoms with Crippen LogP contribution in [0.4, 0.5) is 0 Å². The van der Waals surface area contributed by atoms with Crippen molar-refractivity contribution in [3.8, 4) is 22.8 Å². The Bertz CT molecular complexity index is 1590. The number of pyridine rings is 1. The van der Waals surface area contributed by atoms with Gasteiger partial charge in [0.15, 0.2) is 0 Å². The summed E-state index contributed by atoms with van der Waals surface area (Å²) in [4.78, 5) is 0. The van der Waals surface area contributed by atoms with Crippen LogP contribution in [0.2, 0.25) is 0 Å². The Labute approximate surface area is 188 Å². The van der Waals surface area contributed by atoms with Gasteiger partial charge < -0.3 is 9.15 Å². The summed E-state index contributed by atoms with van der Waals surface area (Å²) in [5, 5.41) is 3.60. The lowest BCUT2D eigenvalue weighted by molar-refractivity contribution is -0.633. The number of hydrogen-bond donors (Lipinski definition) is 0. The number of furan rings is 1. The average Bonchev–Trinajstić information content (AvgIpc) is 3.13. The summed E-state index contributed by atoms with van der Waals surface area (Å²) in [6.45, 7) is 11.1. The molecule has 0 spiro atoms. The molecule has 3 nitrogen and oxygen atoms in total. The number of benzene rings is 3. The van der Waals surface area contributed by atoms with Gasteiger partial charge >= 0.3 is 0 Å². The van der Waals surface area contributed by atoms with Crippen molar-refractivity contribution >= 4 is 32.8 Å². The second-order valence-corrected chi connectivity index (χ2v) is 9.75. The van der Waals surface area contributed by atoms with E-state index in [1.165, 1.54) is 38.6 Å². The first-order chi connectivity index (χ1) is 15.3. The van der Waals surface area contributed by atoms with E-state index in [1.807, 2.05) is 6.07 Å². The van der Waals surface area contributed by atoms with Gasteiger partial charge in [0, 0.05) is 5.39 Å². The van der Waals surface area contributed by atoms with Crippen LogP contribution >= 0.6 is 0 Å². The highest BCUT2D eigenvalue weighted by Crippen LogP contribution is 2.51. The highest BCUT2D eigenvalue weighted by atomic mass is 16.5. The molecule has 2 aromatic heterocycles. The number of fused-ring (bicyclic) bond motifs is 5. The van der Waals surface area contributed by atoms with Gasteiger partial charge in [-0.05, 0) is 73.4 Å². The SMILES string of the molecule is Cc1cc2c3c(c(C)c(C)cc3c1)-c1c(c(CC(C)C)c3oc4ccccc4c3[n+]1C)O2. The van der Waals surface area contributed by atoms with E-state index in [4.69, 9.17) is 9.15 Å². The minimum absolute atomic E-state index is 0.476. The molecule has 0 amide bonds. The summed E-state index contributed by atoms with van der Waals surface area (Å²) >= 11 is 0. The summed E-state index contributed by atoms with van der Waals surface area (Å²) < 4.78 is 15.5. The summed E-state index contributed by atoms with van der Waals surface area (Å²) in [6, 6.07) is 15.1. The van der Waals surface area contributed by atoms with Gasteiger partial charge in [-0.1, -0.05) is 38.1 Å². The number of aryl methyl sites for hydroxylation is 3. The second kappa shape index (κ2) is 6.59. The summed E-state index contributed by atoms with van der Waals surface area (Å²) in [5.41, 5.74) is 10.4. The van der Waals surface area contributed by atoms with Gasteiger partial charge in [0.25, 0.3) is 11.2 Å². The molecule has 3 aromatic carbocycles. The zero-order valence-corrected chi connectivity index (χ0v) is 19.6. The average molecular weight is 423 g/mol. The quantitative estimate of drug-likeness (QED) is 0.271. The van der Waals surface area contributed by atoms with Crippen molar-refractivity contribution in [2.24, 2.45) is 13.0 Å². The van der Waals surface area contributed by atoms with Crippen molar-refractivity contribution in [2.75, 3.05) is 0 Å². The molecule has 0 bridgehead atoms. The van der Waals surface area contributed by atoms with E-state index in [1.54, 1.807) is 0 Å². The van der Waals surface area contributed by atoms with Crippen LogP contribution in [0.15, 0.2) is 46.9 Å². The normalized spacial score (nSPS) is 12.7. The van der Waals surface area contributed by atoms with E-state index in [0.29, 0.717) is 5.92 Å². The van der Waals surface area contributed by atoms with Gasteiger partial charge in [-0.2, -0.15) is 4.57 Å². The summed E-state index contributed by atoms with van der Waals surface area (Å²) in [7, 11) is 2.15. The Morgan fingerprint density at radius 1 is 1.00 bits per heavy atom. The fourth-order valence-corrected chi connectivity index (χ4v) is 5.44. The van der Waals surface area contributed by atoms with E-state index < -0.39 is 0 Å². The first kappa shape index (κ1) is 19.4. The number of para-hydroxylation sites is 1. The van der Waals surface area contributed by atoms with Crippen molar-refractivity contribution < 1.29 is 13.7 Å². The van der Waals surface area contributed by atoms with Crippen molar-refractivity contribution in [1.82, 2.24) is 0 Å². The molecular formula is C29H28NO2+. The maximum Gasteiger partial charge on any atom is 0.260 e. The van der Waals surface area contributed by atoms with E-state index in [0.717, 1.165) is 45.7 Å². The third-order valence-corrected chi connectivity index (χ3v) is 6.93. The highest BCUT2D eigenvalue weighted by molar-refractivity contribution is 6.08. The Morgan fingerprint density at radius 3 is 2.56 bits per heavy atom. The third kappa shape index (κ3) is 2.51. The molecule has 1 aliphatic rings. The molecule has 160 valence electrons. The second-order valence-electron chi connectivity index (χ2n) is 9.75. The lowest BCUT2D eigenvalue weighted by Crippen LogP contribution is -2.34. The van der Waals surface area contributed by atoms with Crippen LogP contribution < -0.4 is 9.30 Å². The topological polar surface area (TPSA) is 26.2 Å². The van der Waals surface area contributed by atoms with Crippen molar-refractivity contribution in [1.29, 1.82) is 0 Å². The molecule has 5 aromatic rings. The van der Waals surface area contributed by atoms with E-state index >= 15 is 0 Å². The van der Waals surface area contributed by atoms with Crippen molar-refractivity contribution in [3.63, 3.8) is 0 Å². The van der Waals surface area contributed by atoms with E-state index in [2.05, 4.69) is 82.6 Å². The van der Waals surface area contributed by atoms with E-state index in [9.17, 15) is 0 Å². The molecule has 0 aliphatic carbocycles. The number of ether oxygens (including phenoxy) is 1. The molecule has 3 heteroatoms. The first-order valence-corrected chi connectivity index (χ1v) is 11.4. The van der Waals surface area contributed by atoms with Crippen LogP contribution in [0.1, 0.15) is 36.1 Å². The Kier molecular flexibility index (Phi) is 3.98. The van der Waals surface area contributed by atoms with Crippen molar-refractivity contribution in [3.05, 3.63) is 64.7 Å². The molecular weight excluding hydrogens is 394 g/mol. The zero-order chi connectivity index (χ0) is 22.3. The maximum atomic E-state index is 6.76. The van der Waals surface area contributed by atoms with Crippen LogP contribution in [0.25, 0.3) is 44.1 Å². The van der Waals surface area contributed by atoms with Crippen molar-refractivity contribution in [2.45, 2.75) is 41.0 Å². The molecule has 0 unspecified atom stereocenters. The first-order valence-electron chi connectivity index (χ1n) is 11.4. The Morgan fingerprint density at radius 2 is 1.78 bits per heavy atom. The fraction of sp³-hybridized carbons (Fsp3) is 0.276. The third-order valence-electron chi connectivity index (χ3n) is 6.93.